The highest BCUT2D eigenvalue weighted by Gasteiger charge is 2.40. The Morgan fingerprint density at radius 3 is 2.49 bits per heavy atom. The van der Waals surface area contributed by atoms with Crippen LogP contribution in [0.5, 0.6) is 0 Å². The number of carbonyl (C=O) groups is 1. The van der Waals surface area contributed by atoms with E-state index in [4.69, 9.17) is 4.74 Å². The van der Waals surface area contributed by atoms with Crippen molar-refractivity contribution in [2.45, 2.75) is 44.5 Å². The average Bonchev–Trinajstić information content (AvgIpc) is 2.85. The molecule has 1 aliphatic rings. The third-order valence-electron chi connectivity index (χ3n) is 7.06. The van der Waals surface area contributed by atoms with Crippen LogP contribution in [0.4, 0.5) is 23.4 Å². The SMILES string of the molecule is COC1(c2cc3c(N[C@H](C)c4cccc(C(F)(F)F)c4F)ncnc3n(C)c2=O)CCN(C(C)=O)CC1. The molecule has 1 N–H and O–H groups in total. The van der Waals surface area contributed by atoms with E-state index < -0.39 is 29.2 Å². The molecule has 4 rings (SSSR count). The van der Waals surface area contributed by atoms with Gasteiger partial charge in [0.05, 0.1) is 22.6 Å². The van der Waals surface area contributed by atoms with Crippen LogP contribution in [0.25, 0.3) is 11.0 Å². The summed E-state index contributed by atoms with van der Waals surface area (Å²) in [7, 11) is 3.06. The normalized spacial score (nSPS) is 16.6. The lowest BCUT2D eigenvalue weighted by Crippen LogP contribution is -2.48. The van der Waals surface area contributed by atoms with Gasteiger partial charge in [-0.05, 0) is 31.9 Å². The molecule has 1 amide bonds. The van der Waals surface area contributed by atoms with E-state index in [2.05, 4.69) is 15.3 Å². The van der Waals surface area contributed by atoms with Crippen LogP contribution in [0.3, 0.4) is 0 Å². The maximum Gasteiger partial charge on any atom is 0.419 e. The van der Waals surface area contributed by atoms with Crippen LogP contribution in [0.15, 0.2) is 35.4 Å². The van der Waals surface area contributed by atoms with E-state index in [-0.39, 0.29) is 28.5 Å². The van der Waals surface area contributed by atoms with E-state index in [0.717, 1.165) is 6.07 Å². The Kier molecular flexibility index (Phi) is 6.97. The number of aryl methyl sites for hydroxylation is 1. The summed E-state index contributed by atoms with van der Waals surface area (Å²) in [5.74, 6) is -1.21. The minimum absolute atomic E-state index is 0.0631. The average molecular weight is 522 g/mol. The number of anilines is 1. The van der Waals surface area contributed by atoms with Crippen LogP contribution in [0.2, 0.25) is 0 Å². The number of methoxy groups -OCH3 is 1. The highest BCUT2D eigenvalue weighted by atomic mass is 19.4. The molecule has 198 valence electrons. The minimum Gasteiger partial charge on any atom is -0.373 e. The van der Waals surface area contributed by atoms with Crippen molar-refractivity contribution in [3.05, 3.63) is 63.5 Å². The first-order chi connectivity index (χ1) is 17.4. The molecule has 12 heteroatoms. The van der Waals surface area contributed by atoms with Crippen molar-refractivity contribution in [1.82, 2.24) is 19.4 Å². The Labute approximate surface area is 210 Å². The molecular formula is C25H27F4N5O3. The van der Waals surface area contributed by atoms with Gasteiger partial charge in [0.2, 0.25) is 5.91 Å². The number of alkyl halides is 3. The van der Waals surface area contributed by atoms with Gasteiger partial charge in [0.15, 0.2) is 0 Å². The number of carbonyl (C=O) groups excluding carboxylic acids is 1. The van der Waals surface area contributed by atoms with Crippen molar-refractivity contribution in [1.29, 1.82) is 0 Å². The molecule has 1 aromatic carbocycles. The fourth-order valence-electron chi connectivity index (χ4n) is 4.86. The largest absolute Gasteiger partial charge is 0.419 e. The van der Waals surface area contributed by atoms with Gasteiger partial charge in [-0.15, -0.1) is 0 Å². The van der Waals surface area contributed by atoms with Crippen molar-refractivity contribution >= 4 is 22.8 Å². The van der Waals surface area contributed by atoms with Gasteiger partial charge in [-0.25, -0.2) is 14.4 Å². The van der Waals surface area contributed by atoms with E-state index in [1.165, 1.54) is 37.9 Å². The quantitative estimate of drug-likeness (QED) is 0.508. The van der Waals surface area contributed by atoms with Crippen LogP contribution in [0.1, 0.15) is 49.4 Å². The summed E-state index contributed by atoms with van der Waals surface area (Å²) in [5, 5.41) is 3.40. The molecule has 1 atom stereocenters. The van der Waals surface area contributed by atoms with E-state index in [0.29, 0.717) is 42.9 Å². The molecule has 1 aliphatic heterocycles. The number of piperidine rings is 1. The number of hydrogen-bond donors (Lipinski definition) is 1. The molecule has 0 saturated carbocycles. The maximum atomic E-state index is 14.8. The second-order valence-electron chi connectivity index (χ2n) is 9.16. The van der Waals surface area contributed by atoms with Crippen molar-refractivity contribution in [2.24, 2.45) is 7.05 Å². The Morgan fingerprint density at radius 2 is 1.89 bits per heavy atom. The maximum absolute atomic E-state index is 14.8. The Bertz CT molecular complexity index is 1400. The second kappa shape index (κ2) is 9.73. The fraction of sp³-hybridized carbons (Fsp3) is 0.440. The minimum atomic E-state index is -4.83. The number of ether oxygens (including phenoxy) is 1. The highest BCUT2D eigenvalue weighted by molar-refractivity contribution is 5.87. The zero-order valence-corrected chi connectivity index (χ0v) is 20.8. The number of halogens is 4. The lowest BCUT2D eigenvalue weighted by molar-refractivity contribution is -0.140. The molecule has 2 aromatic heterocycles. The van der Waals surface area contributed by atoms with Crippen molar-refractivity contribution in [3.8, 4) is 0 Å². The summed E-state index contributed by atoms with van der Waals surface area (Å²) in [6.07, 6.45) is -2.82. The van der Waals surface area contributed by atoms with Gasteiger partial charge in [0, 0.05) is 39.7 Å². The van der Waals surface area contributed by atoms with E-state index in [1.54, 1.807) is 18.0 Å². The van der Waals surface area contributed by atoms with Crippen molar-refractivity contribution < 1.29 is 27.1 Å². The topological polar surface area (TPSA) is 89.3 Å². The van der Waals surface area contributed by atoms with E-state index >= 15 is 0 Å². The Morgan fingerprint density at radius 1 is 1.22 bits per heavy atom. The summed E-state index contributed by atoms with van der Waals surface area (Å²) in [6, 6.07) is 3.83. The first-order valence-electron chi connectivity index (χ1n) is 11.7. The standard InChI is InChI=1S/C25H27F4N5O3/c1-14(16-6-5-7-18(20(16)26)25(27,28)29)32-21-17-12-19(23(36)33(3)22(17)31-13-30-21)24(37-4)8-10-34(11-9-24)15(2)35/h5-7,12-14H,8-11H2,1-4H3,(H,30,31,32)/t14-/m1/s1. The Hall–Kier alpha value is -3.54. The number of nitrogens with one attached hydrogen (secondary N) is 1. The molecule has 8 nitrogen and oxygen atoms in total. The van der Waals surface area contributed by atoms with Crippen LogP contribution < -0.4 is 10.9 Å². The predicted molar refractivity (Wildman–Crippen MR) is 128 cm³/mol. The Balaban J connectivity index is 1.77. The highest BCUT2D eigenvalue weighted by Crippen LogP contribution is 2.37. The molecule has 0 bridgehead atoms. The molecule has 0 radical (unpaired) electrons. The van der Waals surface area contributed by atoms with Crippen LogP contribution in [-0.2, 0) is 28.4 Å². The molecule has 0 unspecified atom stereocenters. The molecular weight excluding hydrogens is 494 g/mol. The van der Waals surface area contributed by atoms with Crippen LogP contribution in [-0.4, -0.2) is 45.5 Å². The number of amides is 1. The van der Waals surface area contributed by atoms with Crippen molar-refractivity contribution in [3.63, 3.8) is 0 Å². The van der Waals surface area contributed by atoms with Gasteiger partial charge in [-0.2, -0.15) is 13.2 Å². The van der Waals surface area contributed by atoms with E-state index in [9.17, 15) is 27.2 Å². The van der Waals surface area contributed by atoms with Gasteiger partial charge in [-0.1, -0.05) is 12.1 Å². The summed E-state index contributed by atoms with van der Waals surface area (Å²) >= 11 is 0. The summed E-state index contributed by atoms with van der Waals surface area (Å²) < 4.78 is 61.6. The molecule has 37 heavy (non-hydrogen) atoms. The number of fused-ring (bicyclic) bond motifs is 1. The van der Waals surface area contributed by atoms with Gasteiger partial charge in [0.1, 0.15) is 29.2 Å². The molecule has 3 heterocycles. The van der Waals surface area contributed by atoms with Crippen molar-refractivity contribution in [2.75, 3.05) is 25.5 Å². The van der Waals surface area contributed by atoms with Gasteiger partial charge >= 0.3 is 6.18 Å². The number of rotatable bonds is 5. The molecule has 1 saturated heterocycles. The molecule has 0 aliphatic carbocycles. The predicted octanol–water partition coefficient (Wildman–Crippen LogP) is 4.14. The lowest BCUT2D eigenvalue weighted by Gasteiger charge is -2.40. The molecule has 1 fully saturated rings. The number of benzene rings is 1. The lowest BCUT2D eigenvalue weighted by atomic mass is 9.84. The van der Waals surface area contributed by atoms with Crippen LogP contribution >= 0.6 is 0 Å². The smallest absolute Gasteiger partial charge is 0.373 e. The molecule has 3 aromatic rings. The number of aromatic nitrogens is 3. The number of nitrogens with zero attached hydrogens (tertiary/aromatic N) is 4. The van der Waals surface area contributed by atoms with Gasteiger partial charge < -0.3 is 15.0 Å². The first kappa shape index (κ1) is 26.5. The second-order valence-corrected chi connectivity index (χ2v) is 9.16. The van der Waals surface area contributed by atoms with Gasteiger partial charge in [-0.3, -0.25) is 14.2 Å². The summed E-state index contributed by atoms with van der Waals surface area (Å²) in [5.41, 5.74) is -2.18. The van der Waals surface area contributed by atoms with E-state index in [1.807, 2.05) is 0 Å². The fourth-order valence-corrected chi connectivity index (χ4v) is 4.86. The summed E-state index contributed by atoms with van der Waals surface area (Å²) in [4.78, 5) is 35.3. The van der Waals surface area contributed by atoms with Gasteiger partial charge in [0.25, 0.3) is 5.56 Å². The third-order valence-corrected chi connectivity index (χ3v) is 7.06. The zero-order chi connectivity index (χ0) is 27.1. The number of likely N-dealkylation sites (tertiary alicyclic amines) is 1. The third kappa shape index (κ3) is 4.77. The molecule has 0 spiro atoms. The number of hydrogen-bond acceptors (Lipinski definition) is 6. The monoisotopic (exact) mass is 521 g/mol. The first-order valence-corrected chi connectivity index (χ1v) is 11.7. The number of pyridine rings is 1. The zero-order valence-electron chi connectivity index (χ0n) is 20.8. The summed E-state index contributed by atoms with van der Waals surface area (Å²) in [6.45, 7) is 3.82. The van der Waals surface area contributed by atoms with Crippen LogP contribution in [0, 0.1) is 5.82 Å².